The number of aromatic nitrogens is 4. The molecule has 3 aromatic rings. The SMILES string of the molecule is CCC(CC)c1c2nc(c(C(CC)CC)c3ccc([nH]3)c(C(CC)CC)c3ccc([nH]3)c(C(CC)CC)c3nc1C=C3)C=C2. The Hall–Kier alpha value is -3.40. The molecule has 0 amide bonds. The highest BCUT2D eigenvalue weighted by molar-refractivity contribution is 5.84. The molecule has 5 heterocycles. The fourth-order valence-corrected chi connectivity index (χ4v) is 7.80. The highest BCUT2D eigenvalue weighted by Crippen LogP contribution is 2.38. The van der Waals surface area contributed by atoms with Crippen LogP contribution in [0.4, 0.5) is 0 Å². The van der Waals surface area contributed by atoms with Crippen LogP contribution in [0, 0.1) is 0 Å². The van der Waals surface area contributed by atoms with Gasteiger partial charge in [-0.15, -0.1) is 0 Å². The van der Waals surface area contributed by atoms with Crippen molar-refractivity contribution in [3.8, 4) is 0 Å². The van der Waals surface area contributed by atoms with Gasteiger partial charge >= 0.3 is 0 Å². The molecular formula is C40H54N4. The summed E-state index contributed by atoms with van der Waals surface area (Å²) in [6.45, 7) is 18.5. The van der Waals surface area contributed by atoms with Crippen LogP contribution in [0.3, 0.4) is 0 Å². The second kappa shape index (κ2) is 14.1. The molecule has 2 aliphatic heterocycles. The molecule has 8 bridgehead atoms. The predicted octanol–water partition coefficient (Wildman–Crippen LogP) is 12.3. The van der Waals surface area contributed by atoms with Gasteiger partial charge in [-0.2, -0.15) is 0 Å². The number of fused-ring (bicyclic) bond motifs is 8. The van der Waals surface area contributed by atoms with Gasteiger partial charge in [-0.1, -0.05) is 55.4 Å². The minimum Gasteiger partial charge on any atom is -0.355 e. The first kappa shape index (κ1) is 32.0. The van der Waals surface area contributed by atoms with Gasteiger partial charge in [-0.25, -0.2) is 9.97 Å². The summed E-state index contributed by atoms with van der Waals surface area (Å²) in [7, 11) is 0. The molecule has 0 unspecified atom stereocenters. The van der Waals surface area contributed by atoms with Crippen molar-refractivity contribution in [3.05, 3.63) is 69.3 Å². The summed E-state index contributed by atoms with van der Waals surface area (Å²) < 4.78 is 0. The normalized spacial score (nSPS) is 13.0. The number of nitrogens with one attached hydrogen (secondary N) is 2. The summed E-state index contributed by atoms with van der Waals surface area (Å²) in [6, 6.07) is 9.23. The van der Waals surface area contributed by atoms with Gasteiger partial charge in [0.05, 0.1) is 22.8 Å². The lowest BCUT2D eigenvalue weighted by Gasteiger charge is -2.16. The molecule has 4 heteroatoms. The minimum atomic E-state index is 0.402. The van der Waals surface area contributed by atoms with Crippen molar-refractivity contribution < 1.29 is 0 Å². The van der Waals surface area contributed by atoms with Crippen molar-refractivity contribution in [2.75, 3.05) is 0 Å². The third-order valence-electron chi connectivity index (χ3n) is 10.5. The zero-order chi connectivity index (χ0) is 31.4. The first-order valence-electron chi connectivity index (χ1n) is 17.6. The first-order valence-corrected chi connectivity index (χ1v) is 17.6. The van der Waals surface area contributed by atoms with E-state index in [9.17, 15) is 0 Å². The average molecular weight is 591 g/mol. The monoisotopic (exact) mass is 590 g/mol. The Morgan fingerprint density at radius 2 is 0.636 bits per heavy atom. The van der Waals surface area contributed by atoms with Gasteiger partial charge in [0.15, 0.2) is 0 Å². The molecule has 234 valence electrons. The first-order chi connectivity index (χ1) is 21.5. The van der Waals surface area contributed by atoms with E-state index < -0.39 is 0 Å². The van der Waals surface area contributed by atoms with E-state index >= 15 is 0 Å². The van der Waals surface area contributed by atoms with Crippen LogP contribution >= 0.6 is 0 Å². The van der Waals surface area contributed by atoms with Gasteiger partial charge in [0.1, 0.15) is 0 Å². The lowest BCUT2D eigenvalue weighted by atomic mass is 9.91. The maximum atomic E-state index is 5.43. The zero-order valence-electron chi connectivity index (χ0n) is 28.5. The smallest absolute Gasteiger partial charge is 0.0694 e. The molecule has 0 spiro atoms. The van der Waals surface area contributed by atoms with Crippen LogP contribution in [0.2, 0.25) is 0 Å². The number of H-pyrrole nitrogens is 2. The van der Waals surface area contributed by atoms with Gasteiger partial charge < -0.3 is 9.97 Å². The Labute approximate surface area is 265 Å². The highest BCUT2D eigenvalue weighted by atomic mass is 14.8. The van der Waals surface area contributed by atoms with E-state index in [1.807, 2.05) is 0 Å². The predicted molar refractivity (Wildman–Crippen MR) is 192 cm³/mol. The van der Waals surface area contributed by atoms with Crippen LogP contribution in [0.5, 0.6) is 0 Å². The lowest BCUT2D eigenvalue weighted by molar-refractivity contribution is 0.633. The molecule has 0 aromatic carbocycles. The van der Waals surface area contributed by atoms with Crippen molar-refractivity contribution >= 4 is 46.4 Å². The second-order valence-corrected chi connectivity index (χ2v) is 12.7. The summed E-state index contributed by atoms with van der Waals surface area (Å²) in [5, 5.41) is 0. The third-order valence-corrected chi connectivity index (χ3v) is 10.5. The molecule has 0 aliphatic carbocycles. The molecule has 4 nitrogen and oxygen atoms in total. The van der Waals surface area contributed by atoms with Gasteiger partial charge in [-0.05, 0) is 124 Å². The molecule has 5 rings (SSSR count). The van der Waals surface area contributed by atoms with Crippen LogP contribution < -0.4 is 0 Å². The summed E-state index contributed by atoms with van der Waals surface area (Å²) >= 11 is 0. The number of aromatic amines is 2. The number of nitrogens with zero attached hydrogens (tertiary/aromatic N) is 2. The number of hydrogen-bond donors (Lipinski definition) is 2. The molecule has 3 aromatic heterocycles. The van der Waals surface area contributed by atoms with Crippen molar-refractivity contribution in [2.45, 2.75) is 130 Å². The Kier molecular flexibility index (Phi) is 10.3. The second-order valence-electron chi connectivity index (χ2n) is 12.7. The van der Waals surface area contributed by atoms with E-state index in [0.29, 0.717) is 23.7 Å². The molecule has 2 aliphatic rings. The maximum Gasteiger partial charge on any atom is 0.0694 e. The summed E-state index contributed by atoms with van der Waals surface area (Å²) in [5.41, 5.74) is 14.5. The molecule has 0 radical (unpaired) electrons. The summed E-state index contributed by atoms with van der Waals surface area (Å²) in [4.78, 5) is 18.8. The zero-order valence-corrected chi connectivity index (χ0v) is 28.5. The Balaban J connectivity index is 2.03. The van der Waals surface area contributed by atoms with E-state index in [2.05, 4.69) is 114 Å². The van der Waals surface area contributed by atoms with Gasteiger partial charge in [0.2, 0.25) is 0 Å². The van der Waals surface area contributed by atoms with Crippen LogP contribution in [-0.4, -0.2) is 19.9 Å². The van der Waals surface area contributed by atoms with E-state index in [4.69, 9.17) is 9.97 Å². The third kappa shape index (κ3) is 5.85. The Morgan fingerprint density at radius 3 is 0.955 bits per heavy atom. The standard InChI is InChI=1S/C40H54N4/c1-9-25(10-2)37-29-17-19-31(41-29)38(26(11-3)12-4)33-21-23-35(43-33)40(28(15-7)16-8)36-24-22-34(44-36)39(27(13-5)14-6)32-20-18-30(37)42-32/h17-28,41-42H,9-16H2,1-8H3. The van der Waals surface area contributed by atoms with Crippen molar-refractivity contribution in [2.24, 2.45) is 0 Å². The van der Waals surface area contributed by atoms with Crippen LogP contribution in [0.1, 0.15) is 175 Å². The molecular weight excluding hydrogens is 536 g/mol. The van der Waals surface area contributed by atoms with Crippen LogP contribution in [-0.2, 0) is 0 Å². The molecule has 0 saturated heterocycles. The van der Waals surface area contributed by atoms with Crippen molar-refractivity contribution in [3.63, 3.8) is 0 Å². The van der Waals surface area contributed by atoms with Gasteiger partial charge in [-0.3, -0.25) is 0 Å². The average Bonchev–Trinajstić information content (AvgIpc) is 3.88. The van der Waals surface area contributed by atoms with Gasteiger partial charge in [0.25, 0.3) is 0 Å². The molecule has 0 fully saturated rings. The highest BCUT2D eigenvalue weighted by Gasteiger charge is 2.24. The van der Waals surface area contributed by atoms with Crippen molar-refractivity contribution in [1.82, 2.24) is 19.9 Å². The maximum absolute atomic E-state index is 5.43. The molecule has 2 N–H and O–H groups in total. The van der Waals surface area contributed by atoms with Crippen LogP contribution in [0.15, 0.2) is 24.3 Å². The fraction of sp³-hybridized carbons (Fsp3) is 0.500. The summed E-state index contributed by atoms with van der Waals surface area (Å²) in [5.74, 6) is 1.70. The largest absolute Gasteiger partial charge is 0.355 e. The number of rotatable bonds is 12. The molecule has 44 heavy (non-hydrogen) atoms. The van der Waals surface area contributed by atoms with Crippen LogP contribution in [0.25, 0.3) is 46.4 Å². The summed E-state index contributed by atoms with van der Waals surface area (Å²) in [6.07, 6.45) is 17.7. The number of hydrogen-bond acceptors (Lipinski definition) is 2. The van der Waals surface area contributed by atoms with E-state index in [0.717, 1.165) is 74.1 Å². The van der Waals surface area contributed by atoms with E-state index in [1.54, 1.807) is 0 Å². The topological polar surface area (TPSA) is 57.4 Å². The van der Waals surface area contributed by atoms with E-state index in [-0.39, 0.29) is 0 Å². The molecule has 0 atom stereocenters. The van der Waals surface area contributed by atoms with Gasteiger partial charge in [0, 0.05) is 44.3 Å². The van der Waals surface area contributed by atoms with E-state index in [1.165, 1.54) is 44.3 Å². The minimum absolute atomic E-state index is 0.402. The lowest BCUT2D eigenvalue weighted by Crippen LogP contribution is -2.04. The van der Waals surface area contributed by atoms with Crippen molar-refractivity contribution in [1.29, 1.82) is 0 Å². The fourth-order valence-electron chi connectivity index (χ4n) is 7.80. The quantitative estimate of drug-likeness (QED) is 0.152. The molecule has 0 saturated carbocycles. The Bertz CT molecular complexity index is 1550. The Morgan fingerprint density at radius 1 is 0.386 bits per heavy atom.